The minimum atomic E-state index is -0.195. The molecule has 2 aromatic heterocycles. The van der Waals surface area contributed by atoms with Crippen LogP contribution in [0.5, 0.6) is 5.75 Å². The number of hydrogen-bond acceptors (Lipinski definition) is 11. The molecule has 0 saturated heterocycles. The topological polar surface area (TPSA) is 170 Å². The molecular formula is C30H47N7O6. The Balaban J connectivity index is 1.37. The van der Waals surface area contributed by atoms with E-state index >= 15 is 0 Å². The Hall–Kier alpha value is -3.49. The fraction of sp³-hybridized carbons (Fsp3) is 0.567. The third kappa shape index (κ3) is 12.0. The minimum Gasteiger partial charge on any atom is -0.496 e. The Morgan fingerprint density at radius 1 is 0.930 bits per heavy atom. The van der Waals surface area contributed by atoms with E-state index in [1.165, 1.54) is 0 Å². The highest BCUT2D eigenvalue weighted by atomic mass is 16.6. The summed E-state index contributed by atoms with van der Waals surface area (Å²) in [7, 11) is 1.67. The normalized spacial score (nSPS) is 11.2. The summed E-state index contributed by atoms with van der Waals surface area (Å²) in [5, 5.41) is 6.07. The van der Waals surface area contributed by atoms with Crippen molar-refractivity contribution in [3.8, 4) is 5.75 Å². The summed E-state index contributed by atoms with van der Waals surface area (Å²) in [6, 6.07) is 8.06. The van der Waals surface area contributed by atoms with E-state index in [1.54, 1.807) is 7.11 Å². The number of rotatable bonds is 23. The van der Waals surface area contributed by atoms with Crippen LogP contribution in [0.15, 0.2) is 30.5 Å². The van der Waals surface area contributed by atoms with Crippen LogP contribution in [0.25, 0.3) is 11.0 Å². The maximum absolute atomic E-state index is 11.0. The number of aromatic nitrogens is 3. The summed E-state index contributed by atoms with van der Waals surface area (Å²) in [6.45, 7) is 7.69. The number of anilines is 2. The number of hydrogen-bond donors (Lipinski definition) is 4. The average Bonchev–Trinajstić information content (AvgIpc) is 3.41. The molecule has 0 spiro atoms. The quantitative estimate of drug-likeness (QED) is 0.118. The first-order valence-corrected chi connectivity index (χ1v) is 14.9. The first kappa shape index (κ1) is 34.0. The van der Waals surface area contributed by atoms with E-state index in [0.717, 1.165) is 59.5 Å². The first-order chi connectivity index (χ1) is 21.0. The molecule has 0 saturated carbocycles. The van der Waals surface area contributed by atoms with Crippen LogP contribution < -0.4 is 26.8 Å². The second kappa shape index (κ2) is 19.7. The zero-order valence-electron chi connectivity index (χ0n) is 25.4. The van der Waals surface area contributed by atoms with Crippen molar-refractivity contribution in [1.29, 1.82) is 0 Å². The van der Waals surface area contributed by atoms with Crippen LogP contribution >= 0.6 is 0 Å². The molecule has 0 atom stereocenters. The number of nitrogen functional groups attached to an aromatic ring is 1. The Bertz CT molecular complexity index is 1240. The molecule has 13 heteroatoms. The van der Waals surface area contributed by atoms with Crippen LogP contribution in [0.3, 0.4) is 0 Å². The van der Waals surface area contributed by atoms with Crippen molar-refractivity contribution >= 4 is 28.7 Å². The van der Waals surface area contributed by atoms with Crippen LogP contribution in [0.1, 0.15) is 37.3 Å². The molecule has 238 valence electrons. The molecule has 1 amide bonds. The van der Waals surface area contributed by atoms with Gasteiger partial charge in [0.2, 0.25) is 11.9 Å². The van der Waals surface area contributed by atoms with E-state index < -0.39 is 0 Å². The predicted octanol–water partition coefficient (Wildman–Crippen LogP) is 2.31. The Morgan fingerprint density at radius 2 is 1.65 bits per heavy atom. The summed E-state index contributed by atoms with van der Waals surface area (Å²) < 4.78 is 30.0. The van der Waals surface area contributed by atoms with Crippen LogP contribution in [0.2, 0.25) is 0 Å². The van der Waals surface area contributed by atoms with Crippen molar-refractivity contribution in [2.45, 2.75) is 39.3 Å². The number of benzene rings is 1. The Labute approximate surface area is 253 Å². The van der Waals surface area contributed by atoms with Gasteiger partial charge in [-0.2, -0.15) is 4.98 Å². The lowest BCUT2D eigenvalue weighted by molar-refractivity contribution is -0.120. The van der Waals surface area contributed by atoms with Crippen LogP contribution in [0, 0.1) is 0 Å². The van der Waals surface area contributed by atoms with Gasteiger partial charge in [0.1, 0.15) is 11.3 Å². The van der Waals surface area contributed by atoms with E-state index in [4.69, 9.17) is 35.2 Å². The molecule has 0 bridgehead atoms. The summed E-state index contributed by atoms with van der Waals surface area (Å²) in [5.74, 6) is 1.60. The number of ether oxygens (including phenoxy) is 5. The number of nitrogens with zero attached hydrogens (tertiary/aromatic N) is 3. The van der Waals surface area contributed by atoms with E-state index in [-0.39, 0.29) is 18.4 Å². The Morgan fingerprint density at radius 3 is 2.35 bits per heavy atom. The number of methoxy groups -OCH3 is 1. The van der Waals surface area contributed by atoms with E-state index in [9.17, 15) is 4.79 Å². The lowest BCUT2D eigenvalue weighted by atomic mass is 10.1. The van der Waals surface area contributed by atoms with Gasteiger partial charge in [-0.3, -0.25) is 4.79 Å². The highest BCUT2D eigenvalue weighted by molar-refractivity contribution is 5.87. The molecular weight excluding hydrogens is 554 g/mol. The predicted molar refractivity (Wildman–Crippen MR) is 166 cm³/mol. The van der Waals surface area contributed by atoms with Gasteiger partial charge < -0.3 is 50.4 Å². The zero-order valence-corrected chi connectivity index (χ0v) is 25.4. The van der Waals surface area contributed by atoms with Gasteiger partial charge in [0.25, 0.3) is 0 Å². The third-order valence-electron chi connectivity index (χ3n) is 6.53. The largest absolute Gasteiger partial charge is 0.496 e. The summed E-state index contributed by atoms with van der Waals surface area (Å²) in [6.07, 6.45) is 5.38. The maximum atomic E-state index is 11.0. The van der Waals surface area contributed by atoms with Crippen LogP contribution in [0.4, 0.5) is 11.8 Å². The van der Waals surface area contributed by atoms with E-state index in [0.29, 0.717) is 65.9 Å². The maximum Gasteiger partial charge on any atom is 0.233 e. The SMILES string of the molecule is CCCCCNc1nc(N)nc2ccn(Cc3ccc(COCCOCCOCCOCCNC(=O)CN)cc3OC)c12. The molecule has 13 nitrogen and oxygen atoms in total. The molecule has 3 aromatic rings. The average molecular weight is 602 g/mol. The second-order valence-corrected chi connectivity index (χ2v) is 9.83. The van der Waals surface area contributed by atoms with Gasteiger partial charge in [0, 0.05) is 24.8 Å². The zero-order chi connectivity index (χ0) is 30.7. The lowest BCUT2D eigenvalue weighted by Crippen LogP contribution is -2.32. The number of carbonyl (C=O) groups excluding carboxylic acids is 1. The van der Waals surface area contributed by atoms with Crippen LogP contribution in [-0.4, -0.2) is 93.4 Å². The van der Waals surface area contributed by atoms with Gasteiger partial charge in [-0.15, -0.1) is 0 Å². The molecule has 1 aromatic carbocycles. The van der Waals surface area contributed by atoms with Crippen LogP contribution in [-0.2, 0) is 36.9 Å². The molecule has 0 aliphatic heterocycles. The molecule has 2 heterocycles. The summed E-state index contributed by atoms with van der Waals surface area (Å²) >= 11 is 0. The molecule has 0 radical (unpaired) electrons. The first-order valence-electron chi connectivity index (χ1n) is 14.9. The van der Waals surface area contributed by atoms with E-state index in [1.807, 2.05) is 24.4 Å². The summed E-state index contributed by atoms with van der Waals surface area (Å²) in [4.78, 5) is 19.9. The van der Waals surface area contributed by atoms with Crippen molar-refractivity contribution in [1.82, 2.24) is 19.9 Å². The third-order valence-corrected chi connectivity index (χ3v) is 6.53. The van der Waals surface area contributed by atoms with Gasteiger partial charge in [0.15, 0.2) is 5.82 Å². The fourth-order valence-corrected chi connectivity index (χ4v) is 4.34. The van der Waals surface area contributed by atoms with Gasteiger partial charge in [0.05, 0.1) is 78.6 Å². The van der Waals surface area contributed by atoms with Crippen molar-refractivity contribution in [3.63, 3.8) is 0 Å². The second-order valence-electron chi connectivity index (χ2n) is 9.83. The number of amides is 1. The number of fused-ring (bicyclic) bond motifs is 1. The molecule has 6 N–H and O–H groups in total. The van der Waals surface area contributed by atoms with Crippen molar-refractivity contribution in [3.05, 3.63) is 41.6 Å². The highest BCUT2D eigenvalue weighted by Gasteiger charge is 2.14. The molecule has 43 heavy (non-hydrogen) atoms. The van der Waals surface area contributed by atoms with Gasteiger partial charge in [-0.05, 0) is 24.1 Å². The number of carbonyl (C=O) groups is 1. The van der Waals surface area contributed by atoms with Gasteiger partial charge in [-0.1, -0.05) is 31.9 Å². The number of nitrogens with one attached hydrogen (secondary N) is 2. The molecule has 3 rings (SSSR count). The number of unbranched alkanes of at least 4 members (excludes halogenated alkanes) is 2. The molecule has 0 aliphatic rings. The lowest BCUT2D eigenvalue weighted by Gasteiger charge is -2.14. The van der Waals surface area contributed by atoms with E-state index in [2.05, 4.69) is 38.2 Å². The molecule has 0 aliphatic carbocycles. The van der Waals surface area contributed by atoms with Gasteiger partial charge in [-0.25, -0.2) is 4.98 Å². The molecule has 0 fully saturated rings. The molecule has 0 unspecified atom stereocenters. The van der Waals surface area contributed by atoms with Gasteiger partial charge >= 0.3 is 0 Å². The smallest absolute Gasteiger partial charge is 0.233 e. The highest BCUT2D eigenvalue weighted by Crippen LogP contribution is 2.27. The van der Waals surface area contributed by atoms with Crippen molar-refractivity contribution < 1.29 is 28.5 Å². The monoisotopic (exact) mass is 601 g/mol. The van der Waals surface area contributed by atoms with Crippen molar-refractivity contribution in [2.75, 3.05) is 84.0 Å². The standard InChI is InChI=1S/C30H47N7O6/c1-3-4-5-9-34-29-28-25(35-30(32)36-29)8-11-37(28)21-24-7-6-23(19-26(24)39-2)22-43-18-17-42-16-15-41-14-13-40-12-10-33-27(38)20-31/h6-8,11,19H,3-5,9-10,12-18,20-22,31H2,1-2H3,(H,33,38)(H3,32,34,35,36). The Kier molecular flexibility index (Phi) is 15.5. The minimum absolute atomic E-state index is 0.0183. The fourth-order valence-electron chi connectivity index (χ4n) is 4.34. The number of nitrogens with two attached hydrogens (primary N) is 2. The summed E-state index contributed by atoms with van der Waals surface area (Å²) in [5.41, 5.74) is 14.9. The van der Waals surface area contributed by atoms with Crippen molar-refractivity contribution in [2.24, 2.45) is 5.73 Å².